The second-order valence-electron chi connectivity index (χ2n) is 23.8. The van der Waals surface area contributed by atoms with Crippen LogP contribution in [-0.2, 0) is 18.4 Å². The normalized spacial score (nSPS) is 14.7. The van der Waals surface area contributed by atoms with Gasteiger partial charge >= 0.3 is 0 Å². The van der Waals surface area contributed by atoms with Crippen LogP contribution in [0.4, 0.5) is 0 Å². The van der Waals surface area contributed by atoms with Crippen molar-refractivity contribution in [1.29, 1.82) is 0 Å². The van der Waals surface area contributed by atoms with Gasteiger partial charge in [0.15, 0.2) is 0 Å². The van der Waals surface area contributed by atoms with E-state index in [9.17, 15) is 19.4 Å². The number of hydrogen-bond donors (Lipinski definition) is 2. The van der Waals surface area contributed by atoms with Gasteiger partial charge in [-0.2, -0.15) is 0 Å². The van der Waals surface area contributed by atoms with Crippen LogP contribution in [-0.4, -0.2) is 68.5 Å². The molecular weight excluding hydrogens is 1080 g/mol. The summed E-state index contributed by atoms with van der Waals surface area (Å²) in [6, 6.07) is -0.931. The van der Waals surface area contributed by atoms with E-state index in [0.29, 0.717) is 23.9 Å². The maximum atomic E-state index is 13.0. The Morgan fingerprint density at radius 3 is 1.08 bits per heavy atom. The summed E-state index contributed by atoms with van der Waals surface area (Å²) in [5.41, 5.74) is 0. The number of carbonyl (C=O) groups is 1. The summed E-state index contributed by atoms with van der Waals surface area (Å²) < 4.78 is 23.4. The lowest BCUT2D eigenvalue weighted by molar-refractivity contribution is -0.870. The van der Waals surface area contributed by atoms with Crippen LogP contribution in [0.3, 0.4) is 0 Å². The maximum absolute atomic E-state index is 13.0. The molecule has 0 aliphatic carbocycles. The molecule has 0 aromatic rings. The number of allylic oxidation sites excluding steroid dienone is 27. The average Bonchev–Trinajstić information content (AvgIpc) is 3.70. The van der Waals surface area contributed by atoms with Crippen molar-refractivity contribution in [2.75, 3.05) is 40.9 Å². The van der Waals surface area contributed by atoms with E-state index in [-0.39, 0.29) is 12.5 Å². The number of aliphatic hydroxyl groups excluding tert-OH is 1. The molecule has 0 aliphatic rings. The minimum Gasteiger partial charge on any atom is -0.756 e. The first-order chi connectivity index (χ1) is 42.0. The highest BCUT2D eigenvalue weighted by Gasteiger charge is 2.23. The van der Waals surface area contributed by atoms with Crippen LogP contribution in [0, 0.1) is 0 Å². The lowest BCUT2D eigenvalue weighted by Crippen LogP contribution is -2.45. The van der Waals surface area contributed by atoms with Crippen molar-refractivity contribution in [2.45, 2.75) is 270 Å². The molecule has 9 heteroatoms. The fourth-order valence-electron chi connectivity index (χ4n) is 9.09. The van der Waals surface area contributed by atoms with Gasteiger partial charge in [0.2, 0.25) is 5.91 Å². The quantitative estimate of drug-likeness (QED) is 0.0272. The Kier molecular flexibility index (Phi) is 62.2. The monoisotopic (exact) mass is 1210 g/mol. The summed E-state index contributed by atoms with van der Waals surface area (Å²) in [5.74, 6) is -0.237. The number of unbranched alkanes of at least 4 members (excludes halogenated alkanes) is 22. The third-order valence-electron chi connectivity index (χ3n) is 14.4. The maximum Gasteiger partial charge on any atom is 0.268 e. The van der Waals surface area contributed by atoms with Gasteiger partial charge in [-0.3, -0.25) is 9.36 Å². The molecule has 0 saturated carbocycles. The first-order valence-electron chi connectivity index (χ1n) is 34.5. The molecule has 0 heterocycles. The molecular formula is C77H129N2O6P. The van der Waals surface area contributed by atoms with E-state index in [2.05, 4.69) is 177 Å². The van der Waals surface area contributed by atoms with Crippen LogP contribution in [0.1, 0.15) is 258 Å². The molecule has 1 amide bonds. The van der Waals surface area contributed by atoms with Crippen molar-refractivity contribution in [3.05, 3.63) is 170 Å². The summed E-state index contributed by atoms with van der Waals surface area (Å²) in [7, 11) is 1.20. The lowest BCUT2D eigenvalue weighted by atomic mass is 10.0. The Bertz CT molecular complexity index is 2010. The van der Waals surface area contributed by atoms with E-state index in [1.807, 2.05) is 27.2 Å². The third-order valence-corrected chi connectivity index (χ3v) is 15.4. The summed E-state index contributed by atoms with van der Waals surface area (Å²) in [6.45, 7) is 4.49. The minimum absolute atomic E-state index is 0.0205. The molecule has 86 heavy (non-hydrogen) atoms. The molecule has 8 nitrogen and oxygen atoms in total. The van der Waals surface area contributed by atoms with Gasteiger partial charge in [-0.05, 0) is 122 Å². The Hall–Kier alpha value is -4.14. The zero-order valence-electron chi connectivity index (χ0n) is 55.7. The van der Waals surface area contributed by atoms with Crippen molar-refractivity contribution in [3.63, 3.8) is 0 Å². The summed E-state index contributed by atoms with van der Waals surface area (Å²) in [6.07, 6.45) is 103. The van der Waals surface area contributed by atoms with Gasteiger partial charge in [0.1, 0.15) is 13.2 Å². The van der Waals surface area contributed by atoms with E-state index in [1.54, 1.807) is 6.08 Å². The van der Waals surface area contributed by atoms with Gasteiger partial charge in [-0.1, -0.05) is 300 Å². The topological polar surface area (TPSA) is 108 Å². The molecule has 3 unspecified atom stereocenters. The van der Waals surface area contributed by atoms with Crippen LogP contribution in [0.2, 0.25) is 0 Å². The summed E-state index contributed by atoms with van der Waals surface area (Å²) >= 11 is 0. The predicted octanol–water partition coefficient (Wildman–Crippen LogP) is 21.7. The average molecular weight is 1210 g/mol. The lowest BCUT2D eigenvalue weighted by Gasteiger charge is -2.29. The van der Waals surface area contributed by atoms with E-state index < -0.39 is 26.6 Å². The highest BCUT2D eigenvalue weighted by Crippen LogP contribution is 2.38. The number of amides is 1. The molecule has 0 rings (SSSR count). The third kappa shape index (κ3) is 67.4. The highest BCUT2D eigenvalue weighted by atomic mass is 31.2. The zero-order chi connectivity index (χ0) is 62.6. The van der Waals surface area contributed by atoms with Crippen LogP contribution >= 0.6 is 7.82 Å². The molecule has 0 radical (unpaired) electrons. The van der Waals surface area contributed by atoms with Crippen molar-refractivity contribution < 1.29 is 32.9 Å². The standard InChI is InChI=1S/C77H129N2O6P/c1-6-8-10-12-14-16-18-20-22-24-26-28-30-31-32-33-34-35-36-37-38-39-40-41-42-43-44-45-46-47-49-51-53-55-57-59-61-63-65-67-69-71-77(81)78-75(74-85-86(82,83)84-73-72-79(3,4)5)76(80)70-68-66-64-62-60-58-56-54-52-50-48-29-27-25-23-21-19-17-15-13-11-9-7-2/h8,10,14,16,20,22,26,28,31-32,34-35,37-38,40-41,43-44,46-47,51,53,57,59-60,62,68,70,75-76,80H,6-7,9,11-13,15,17-19,21,23-25,27,29-30,33,36,39,42,45,48-50,52,54-56,58,61,63-67,69,71-74H2,1-5H3,(H-,78,81,82,83)/b10-8-,16-14-,22-20-,28-26-,32-31-,35-34-,38-37-,41-40-,44-43-,47-46-,53-51-,59-57-,62-60+,70-68+. The molecule has 0 saturated heterocycles. The molecule has 0 bridgehead atoms. The van der Waals surface area contributed by atoms with Crippen molar-refractivity contribution in [1.82, 2.24) is 5.32 Å². The summed E-state index contributed by atoms with van der Waals surface area (Å²) in [4.78, 5) is 25.6. The van der Waals surface area contributed by atoms with Crippen LogP contribution in [0.15, 0.2) is 170 Å². The minimum atomic E-state index is -4.63. The largest absolute Gasteiger partial charge is 0.756 e. The van der Waals surface area contributed by atoms with Crippen molar-refractivity contribution >= 4 is 13.7 Å². The summed E-state index contributed by atoms with van der Waals surface area (Å²) in [5, 5.41) is 13.9. The molecule has 488 valence electrons. The molecule has 3 atom stereocenters. The smallest absolute Gasteiger partial charge is 0.268 e. The molecule has 0 aromatic heterocycles. The fourth-order valence-corrected chi connectivity index (χ4v) is 9.81. The van der Waals surface area contributed by atoms with Gasteiger partial charge in [0.05, 0.1) is 39.9 Å². The number of phosphoric acid groups is 1. The number of aliphatic hydroxyl groups is 1. The Labute approximate surface area is 530 Å². The number of quaternary nitrogens is 1. The highest BCUT2D eigenvalue weighted by molar-refractivity contribution is 7.45. The number of carbonyl (C=O) groups excluding carboxylic acids is 1. The molecule has 0 aliphatic heterocycles. The first-order valence-corrected chi connectivity index (χ1v) is 36.0. The Balaban J connectivity index is 4.25. The Morgan fingerprint density at radius 2 is 0.721 bits per heavy atom. The molecule has 0 aromatic carbocycles. The van der Waals surface area contributed by atoms with Crippen LogP contribution in [0.5, 0.6) is 0 Å². The van der Waals surface area contributed by atoms with E-state index >= 15 is 0 Å². The molecule has 2 N–H and O–H groups in total. The zero-order valence-corrected chi connectivity index (χ0v) is 56.6. The second-order valence-corrected chi connectivity index (χ2v) is 25.2. The Morgan fingerprint density at radius 1 is 0.419 bits per heavy atom. The number of rotatable bonds is 61. The fraction of sp³-hybridized carbons (Fsp3) is 0.623. The molecule has 0 spiro atoms. The van der Waals surface area contributed by atoms with Crippen molar-refractivity contribution in [3.8, 4) is 0 Å². The van der Waals surface area contributed by atoms with E-state index in [0.717, 1.165) is 122 Å². The van der Waals surface area contributed by atoms with E-state index in [4.69, 9.17) is 9.05 Å². The predicted molar refractivity (Wildman–Crippen MR) is 375 cm³/mol. The van der Waals surface area contributed by atoms with Gasteiger partial charge < -0.3 is 28.8 Å². The number of nitrogens with zero attached hydrogens (tertiary/aromatic N) is 1. The molecule has 0 fully saturated rings. The van der Waals surface area contributed by atoms with E-state index in [1.165, 1.54) is 109 Å². The second kappa shape index (κ2) is 65.3. The van der Waals surface area contributed by atoms with Gasteiger partial charge in [-0.25, -0.2) is 0 Å². The van der Waals surface area contributed by atoms with Crippen LogP contribution < -0.4 is 10.2 Å². The van der Waals surface area contributed by atoms with Gasteiger partial charge in [0, 0.05) is 6.42 Å². The first kappa shape index (κ1) is 81.9. The van der Waals surface area contributed by atoms with Crippen LogP contribution in [0.25, 0.3) is 0 Å². The number of phosphoric ester groups is 1. The number of likely N-dealkylation sites (N-methyl/N-ethyl adjacent to an activating group) is 1. The van der Waals surface area contributed by atoms with Gasteiger partial charge in [-0.15, -0.1) is 0 Å². The number of nitrogens with one attached hydrogen (secondary N) is 1. The van der Waals surface area contributed by atoms with Crippen molar-refractivity contribution in [2.24, 2.45) is 0 Å². The SMILES string of the molecule is CC/C=C\C/C=C\C/C=C\C/C=C\C/C=C\C/C=C\C/C=C\C/C=C\C/C=C\C/C=C\C/C=C\C/C=C\CCCCCCC(=O)NC(COP(=O)([O-])OCC[N+](C)(C)C)C(O)/C=C/CC/C=C/CCCCCCCCCCCCCCCCCCC. The van der Waals surface area contributed by atoms with Gasteiger partial charge in [0.25, 0.3) is 7.82 Å². The number of hydrogen-bond acceptors (Lipinski definition) is 6.